The quantitative estimate of drug-likeness (QED) is 0.792. The summed E-state index contributed by atoms with van der Waals surface area (Å²) in [5, 5.41) is 12.4. The number of ether oxygens (including phenoxy) is 1. The van der Waals surface area contributed by atoms with E-state index in [4.69, 9.17) is 21.6 Å². The Morgan fingerprint density at radius 2 is 2.24 bits per heavy atom. The van der Waals surface area contributed by atoms with Crippen LogP contribution in [0.5, 0.6) is 5.75 Å². The number of nitriles is 1. The van der Waals surface area contributed by atoms with Crippen molar-refractivity contribution in [3.63, 3.8) is 0 Å². The molecular formula is C13H17ClN2O. The molecule has 0 heterocycles. The number of aryl methyl sites for hydroxylation is 1. The van der Waals surface area contributed by atoms with E-state index >= 15 is 0 Å². The lowest BCUT2D eigenvalue weighted by Gasteiger charge is -2.12. The normalized spacial score (nSPS) is 10.0. The molecule has 92 valence electrons. The lowest BCUT2D eigenvalue weighted by molar-refractivity contribution is 0.404. The van der Waals surface area contributed by atoms with Crippen LogP contribution >= 0.6 is 11.6 Å². The van der Waals surface area contributed by atoms with Gasteiger partial charge in [-0.1, -0.05) is 11.6 Å². The Kier molecular flexibility index (Phi) is 5.82. The predicted octanol–water partition coefficient (Wildman–Crippen LogP) is 3.05. The van der Waals surface area contributed by atoms with Gasteiger partial charge in [-0.25, -0.2) is 0 Å². The fourth-order valence-electron chi connectivity index (χ4n) is 1.74. The van der Waals surface area contributed by atoms with Gasteiger partial charge < -0.3 is 10.1 Å². The fraction of sp³-hybridized carbons (Fsp3) is 0.462. The molecule has 0 aliphatic heterocycles. The zero-order chi connectivity index (χ0) is 12.7. The minimum Gasteiger partial charge on any atom is -0.496 e. The van der Waals surface area contributed by atoms with Crippen molar-refractivity contribution in [2.75, 3.05) is 13.7 Å². The third kappa shape index (κ3) is 4.26. The third-order valence-corrected chi connectivity index (χ3v) is 2.70. The molecule has 0 atom stereocenters. The highest BCUT2D eigenvalue weighted by Gasteiger charge is 2.07. The summed E-state index contributed by atoms with van der Waals surface area (Å²) in [6, 6.07) is 5.92. The maximum atomic E-state index is 8.42. The highest BCUT2D eigenvalue weighted by molar-refractivity contribution is 6.30. The van der Waals surface area contributed by atoms with Crippen LogP contribution in [-0.2, 0) is 6.54 Å². The van der Waals surface area contributed by atoms with E-state index in [9.17, 15) is 0 Å². The van der Waals surface area contributed by atoms with Gasteiger partial charge in [0.1, 0.15) is 5.75 Å². The lowest BCUT2D eigenvalue weighted by Crippen LogP contribution is -2.15. The van der Waals surface area contributed by atoms with Crippen LogP contribution in [0.1, 0.15) is 24.0 Å². The van der Waals surface area contributed by atoms with Gasteiger partial charge in [-0.2, -0.15) is 5.26 Å². The molecule has 1 aromatic rings. The van der Waals surface area contributed by atoms with E-state index in [0.717, 1.165) is 34.9 Å². The van der Waals surface area contributed by atoms with Gasteiger partial charge in [-0.15, -0.1) is 0 Å². The first-order valence-corrected chi connectivity index (χ1v) is 5.97. The van der Waals surface area contributed by atoms with Gasteiger partial charge in [0.2, 0.25) is 0 Å². The van der Waals surface area contributed by atoms with Crippen LogP contribution in [0.2, 0.25) is 5.02 Å². The minimum atomic E-state index is 0.582. The van der Waals surface area contributed by atoms with E-state index in [1.165, 1.54) is 0 Å². The summed E-state index contributed by atoms with van der Waals surface area (Å²) < 4.78 is 5.36. The molecule has 3 nitrogen and oxygen atoms in total. The number of rotatable bonds is 6. The number of methoxy groups -OCH3 is 1. The van der Waals surface area contributed by atoms with Gasteiger partial charge >= 0.3 is 0 Å². The van der Waals surface area contributed by atoms with Gasteiger partial charge in [0.15, 0.2) is 0 Å². The molecule has 0 aromatic heterocycles. The maximum absolute atomic E-state index is 8.42. The van der Waals surface area contributed by atoms with Crippen molar-refractivity contribution >= 4 is 11.6 Å². The summed E-state index contributed by atoms with van der Waals surface area (Å²) >= 11 is 6.02. The number of nitrogens with one attached hydrogen (secondary N) is 1. The first-order chi connectivity index (χ1) is 8.19. The summed E-state index contributed by atoms with van der Waals surface area (Å²) in [5.74, 6) is 0.877. The van der Waals surface area contributed by atoms with Gasteiger partial charge in [-0.05, 0) is 37.6 Å². The molecule has 0 unspecified atom stereocenters. The van der Waals surface area contributed by atoms with Gasteiger partial charge in [0.05, 0.1) is 13.2 Å². The Hall–Kier alpha value is -1.24. The van der Waals surface area contributed by atoms with E-state index in [2.05, 4.69) is 11.4 Å². The van der Waals surface area contributed by atoms with Crippen molar-refractivity contribution < 1.29 is 4.74 Å². The van der Waals surface area contributed by atoms with Crippen molar-refractivity contribution in [1.82, 2.24) is 5.32 Å². The Bertz CT molecular complexity index is 413. The zero-order valence-electron chi connectivity index (χ0n) is 10.2. The molecule has 1 rings (SSSR count). The zero-order valence-corrected chi connectivity index (χ0v) is 11.0. The van der Waals surface area contributed by atoms with E-state index in [-0.39, 0.29) is 0 Å². The van der Waals surface area contributed by atoms with Crippen molar-refractivity contribution in [3.8, 4) is 11.8 Å². The van der Waals surface area contributed by atoms with E-state index in [0.29, 0.717) is 13.0 Å². The minimum absolute atomic E-state index is 0.582. The smallest absolute Gasteiger partial charge is 0.126 e. The molecule has 0 amide bonds. The van der Waals surface area contributed by atoms with Gasteiger partial charge in [-0.3, -0.25) is 0 Å². The van der Waals surface area contributed by atoms with Crippen LogP contribution in [0, 0.1) is 18.3 Å². The summed E-state index contributed by atoms with van der Waals surface area (Å²) in [6.07, 6.45) is 1.44. The summed E-state index contributed by atoms with van der Waals surface area (Å²) in [6.45, 7) is 3.50. The number of benzene rings is 1. The molecule has 0 fully saturated rings. The van der Waals surface area contributed by atoms with E-state index in [1.807, 2.05) is 19.1 Å². The SMILES string of the molecule is COc1c(C)cc(Cl)cc1CNCCCC#N. The fourth-order valence-corrected chi connectivity index (χ4v) is 2.03. The monoisotopic (exact) mass is 252 g/mol. The second kappa shape index (κ2) is 7.16. The Morgan fingerprint density at radius 3 is 2.88 bits per heavy atom. The molecule has 17 heavy (non-hydrogen) atoms. The van der Waals surface area contributed by atoms with Gasteiger partial charge in [0.25, 0.3) is 0 Å². The first kappa shape index (κ1) is 13.8. The third-order valence-electron chi connectivity index (χ3n) is 2.48. The number of unbranched alkanes of at least 4 members (excludes halogenated alkanes) is 1. The number of halogens is 1. The van der Waals surface area contributed by atoms with Crippen LogP contribution < -0.4 is 10.1 Å². The van der Waals surface area contributed by atoms with E-state index < -0.39 is 0 Å². The average Bonchev–Trinajstić information content (AvgIpc) is 2.28. The molecular weight excluding hydrogens is 236 g/mol. The molecule has 0 saturated heterocycles. The molecule has 1 N–H and O–H groups in total. The van der Waals surface area contributed by atoms with Crippen molar-refractivity contribution in [2.45, 2.75) is 26.3 Å². The summed E-state index contributed by atoms with van der Waals surface area (Å²) in [7, 11) is 1.66. The van der Waals surface area contributed by atoms with E-state index in [1.54, 1.807) is 7.11 Å². The molecule has 0 spiro atoms. The molecule has 1 aromatic carbocycles. The van der Waals surface area contributed by atoms with Crippen LogP contribution in [0.15, 0.2) is 12.1 Å². The first-order valence-electron chi connectivity index (χ1n) is 5.59. The Labute approximate surface area is 107 Å². The van der Waals surface area contributed by atoms with Gasteiger partial charge in [0, 0.05) is 23.6 Å². The van der Waals surface area contributed by atoms with Crippen LogP contribution in [0.4, 0.5) is 0 Å². The molecule has 0 radical (unpaired) electrons. The Balaban J connectivity index is 2.60. The summed E-state index contributed by atoms with van der Waals surface area (Å²) in [4.78, 5) is 0. The number of nitrogens with zero attached hydrogens (tertiary/aromatic N) is 1. The maximum Gasteiger partial charge on any atom is 0.126 e. The number of hydrogen-bond donors (Lipinski definition) is 1. The number of hydrogen-bond acceptors (Lipinski definition) is 3. The van der Waals surface area contributed by atoms with Crippen molar-refractivity contribution in [1.29, 1.82) is 5.26 Å². The summed E-state index contributed by atoms with van der Waals surface area (Å²) in [5.41, 5.74) is 2.09. The highest BCUT2D eigenvalue weighted by atomic mass is 35.5. The second-order valence-corrected chi connectivity index (χ2v) is 4.29. The standard InChI is InChI=1S/C13H17ClN2O/c1-10-7-12(14)8-11(13(10)17-2)9-16-6-4-3-5-15/h7-8,16H,3-4,6,9H2,1-2H3. The predicted molar refractivity (Wildman–Crippen MR) is 69.3 cm³/mol. The second-order valence-electron chi connectivity index (χ2n) is 3.85. The topological polar surface area (TPSA) is 45.0 Å². The average molecular weight is 253 g/mol. The van der Waals surface area contributed by atoms with Crippen LogP contribution in [0.3, 0.4) is 0 Å². The molecule has 0 aliphatic carbocycles. The van der Waals surface area contributed by atoms with Crippen LogP contribution in [0.25, 0.3) is 0 Å². The molecule has 0 bridgehead atoms. The largest absolute Gasteiger partial charge is 0.496 e. The lowest BCUT2D eigenvalue weighted by atomic mass is 10.1. The van der Waals surface area contributed by atoms with Crippen molar-refractivity contribution in [2.24, 2.45) is 0 Å². The molecule has 0 aliphatic rings. The van der Waals surface area contributed by atoms with Crippen molar-refractivity contribution in [3.05, 3.63) is 28.3 Å². The Morgan fingerprint density at radius 1 is 1.47 bits per heavy atom. The molecule has 0 saturated carbocycles. The van der Waals surface area contributed by atoms with Crippen LogP contribution in [-0.4, -0.2) is 13.7 Å². The molecule has 4 heteroatoms. The highest BCUT2D eigenvalue weighted by Crippen LogP contribution is 2.27.